The van der Waals surface area contributed by atoms with Crippen molar-refractivity contribution in [2.45, 2.75) is 71.1 Å². The highest BCUT2D eigenvalue weighted by Crippen LogP contribution is 2.25. The van der Waals surface area contributed by atoms with Crippen molar-refractivity contribution >= 4 is 0 Å². The van der Waals surface area contributed by atoms with Crippen LogP contribution in [0.15, 0.2) is 0 Å². The predicted octanol–water partition coefficient (Wildman–Crippen LogP) is 2.65. The highest BCUT2D eigenvalue weighted by atomic mass is 16.5. The number of nitrogens with one attached hydrogen (secondary N) is 1. The van der Waals surface area contributed by atoms with Gasteiger partial charge in [0.25, 0.3) is 0 Å². The molecule has 3 nitrogen and oxygen atoms in total. The van der Waals surface area contributed by atoms with E-state index in [4.69, 9.17) is 4.74 Å². The molecule has 19 heavy (non-hydrogen) atoms. The summed E-state index contributed by atoms with van der Waals surface area (Å²) in [5.41, 5.74) is 0. The van der Waals surface area contributed by atoms with E-state index in [1.54, 1.807) is 0 Å². The van der Waals surface area contributed by atoms with Gasteiger partial charge >= 0.3 is 0 Å². The van der Waals surface area contributed by atoms with Crippen LogP contribution in [0.4, 0.5) is 0 Å². The number of hydrogen-bond donors (Lipinski definition) is 1. The van der Waals surface area contributed by atoms with Crippen LogP contribution in [0, 0.1) is 5.92 Å². The van der Waals surface area contributed by atoms with Crippen molar-refractivity contribution < 1.29 is 4.74 Å². The summed E-state index contributed by atoms with van der Waals surface area (Å²) in [5.74, 6) is 0.771. The van der Waals surface area contributed by atoms with Crippen LogP contribution >= 0.6 is 0 Å². The van der Waals surface area contributed by atoms with E-state index in [1.807, 2.05) is 0 Å². The van der Waals surface area contributed by atoms with Crippen molar-refractivity contribution in [1.29, 1.82) is 0 Å². The molecule has 0 amide bonds. The lowest BCUT2D eigenvalue weighted by Crippen LogP contribution is -2.45. The molecule has 0 aliphatic carbocycles. The fourth-order valence-electron chi connectivity index (χ4n) is 3.58. The van der Waals surface area contributed by atoms with E-state index in [2.05, 4.69) is 31.0 Å². The quantitative estimate of drug-likeness (QED) is 0.848. The molecule has 2 rings (SSSR count). The van der Waals surface area contributed by atoms with E-state index in [0.717, 1.165) is 12.5 Å². The Morgan fingerprint density at radius 1 is 1.11 bits per heavy atom. The molecule has 0 saturated carbocycles. The van der Waals surface area contributed by atoms with Gasteiger partial charge in [0, 0.05) is 25.2 Å². The van der Waals surface area contributed by atoms with Crippen LogP contribution < -0.4 is 5.32 Å². The summed E-state index contributed by atoms with van der Waals surface area (Å²) < 4.78 is 5.84. The first-order chi connectivity index (χ1) is 9.22. The first-order valence-corrected chi connectivity index (χ1v) is 8.32. The summed E-state index contributed by atoms with van der Waals surface area (Å²) in [6.07, 6.45) is 6.78. The lowest BCUT2D eigenvalue weighted by atomic mass is 9.97. The molecule has 1 N–H and O–H groups in total. The maximum atomic E-state index is 5.84. The Bertz CT molecular complexity index is 259. The maximum absolute atomic E-state index is 5.84. The number of hydrogen-bond acceptors (Lipinski definition) is 3. The molecular weight excluding hydrogens is 236 g/mol. The highest BCUT2D eigenvalue weighted by Gasteiger charge is 2.29. The summed E-state index contributed by atoms with van der Waals surface area (Å²) in [6, 6.07) is 1.37. The predicted molar refractivity (Wildman–Crippen MR) is 80.5 cm³/mol. The molecule has 2 saturated heterocycles. The minimum Gasteiger partial charge on any atom is -0.378 e. The van der Waals surface area contributed by atoms with Crippen LogP contribution in [0.5, 0.6) is 0 Å². The number of rotatable bonds is 4. The van der Waals surface area contributed by atoms with Gasteiger partial charge in [-0.2, -0.15) is 0 Å². The molecule has 4 unspecified atom stereocenters. The first kappa shape index (κ1) is 15.3. The fourth-order valence-corrected chi connectivity index (χ4v) is 3.58. The zero-order chi connectivity index (χ0) is 13.7. The second-order valence-corrected chi connectivity index (χ2v) is 6.42. The third kappa shape index (κ3) is 4.44. The van der Waals surface area contributed by atoms with E-state index in [9.17, 15) is 0 Å². The largest absolute Gasteiger partial charge is 0.378 e. The summed E-state index contributed by atoms with van der Waals surface area (Å²) in [6.45, 7) is 11.6. The Morgan fingerprint density at radius 2 is 1.89 bits per heavy atom. The second kappa shape index (κ2) is 7.61. The normalized spacial score (nSPS) is 38.1. The smallest absolute Gasteiger partial charge is 0.0613 e. The van der Waals surface area contributed by atoms with Crippen LogP contribution in [-0.2, 0) is 4.74 Å². The van der Waals surface area contributed by atoms with Gasteiger partial charge in [0.15, 0.2) is 0 Å². The summed E-state index contributed by atoms with van der Waals surface area (Å²) >= 11 is 0. The molecule has 3 heteroatoms. The first-order valence-electron chi connectivity index (χ1n) is 8.32. The molecule has 2 aliphatic heterocycles. The minimum absolute atomic E-state index is 0.517. The molecule has 2 aliphatic rings. The molecule has 0 aromatic heterocycles. The maximum Gasteiger partial charge on any atom is 0.0613 e. The van der Waals surface area contributed by atoms with Crippen LogP contribution in [0.1, 0.15) is 52.9 Å². The van der Waals surface area contributed by atoms with Crippen LogP contribution in [0.2, 0.25) is 0 Å². The molecule has 2 fully saturated rings. The molecule has 0 aromatic rings. The third-order valence-electron chi connectivity index (χ3n) is 4.93. The molecule has 0 radical (unpaired) electrons. The van der Waals surface area contributed by atoms with Gasteiger partial charge in [-0.25, -0.2) is 0 Å². The van der Waals surface area contributed by atoms with Gasteiger partial charge < -0.3 is 15.0 Å². The Hall–Kier alpha value is -0.120. The standard InChI is InChI=1S/C16H32N2O/c1-4-15-7-10-18(9-6-13(3)17-15)12-14-8-11-19-16(14)5-2/h13-17H,4-12H2,1-3H3. The zero-order valence-corrected chi connectivity index (χ0v) is 13.0. The Kier molecular flexibility index (Phi) is 6.11. The van der Waals surface area contributed by atoms with E-state index in [0.29, 0.717) is 18.2 Å². The highest BCUT2D eigenvalue weighted by molar-refractivity contribution is 4.82. The average Bonchev–Trinajstić information content (AvgIpc) is 2.85. The number of nitrogens with zero attached hydrogens (tertiary/aromatic N) is 1. The van der Waals surface area contributed by atoms with Crippen LogP contribution in [-0.4, -0.2) is 49.3 Å². The lowest BCUT2D eigenvalue weighted by molar-refractivity contribution is 0.0728. The van der Waals surface area contributed by atoms with E-state index < -0.39 is 0 Å². The van der Waals surface area contributed by atoms with Crippen LogP contribution in [0.3, 0.4) is 0 Å². The van der Waals surface area contributed by atoms with Crippen molar-refractivity contribution in [1.82, 2.24) is 10.2 Å². The van der Waals surface area contributed by atoms with E-state index in [-0.39, 0.29) is 0 Å². The molecule has 112 valence electrons. The Balaban J connectivity index is 1.84. The minimum atomic E-state index is 0.517. The summed E-state index contributed by atoms with van der Waals surface area (Å²) in [7, 11) is 0. The molecule has 4 atom stereocenters. The van der Waals surface area contributed by atoms with Crippen LogP contribution in [0.25, 0.3) is 0 Å². The van der Waals surface area contributed by atoms with Gasteiger partial charge in [-0.05, 0) is 58.0 Å². The SMILES string of the molecule is CCC1CCN(CC2CCOC2CC)CCC(C)N1. The molecular formula is C16H32N2O. The van der Waals surface area contributed by atoms with E-state index >= 15 is 0 Å². The monoisotopic (exact) mass is 268 g/mol. The van der Waals surface area contributed by atoms with Crippen molar-refractivity contribution in [2.24, 2.45) is 5.92 Å². The van der Waals surface area contributed by atoms with Crippen molar-refractivity contribution in [2.75, 3.05) is 26.2 Å². The average molecular weight is 268 g/mol. The zero-order valence-electron chi connectivity index (χ0n) is 13.0. The van der Waals surface area contributed by atoms with Gasteiger partial charge in [-0.15, -0.1) is 0 Å². The van der Waals surface area contributed by atoms with Crippen molar-refractivity contribution in [3.8, 4) is 0 Å². The fraction of sp³-hybridized carbons (Fsp3) is 1.00. The molecule has 0 bridgehead atoms. The third-order valence-corrected chi connectivity index (χ3v) is 4.93. The lowest BCUT2D eigenvalue weighted by Gasteiger charge is -2.34. The van der Waals surface area contributed by atoms with Gasteiger partial charge in [-0.3, -0.25) is 0 Å². The Labute approximate surface area is 119 Å². The van der Waals surface area contributed by atoms with E-state index in [1.165, 1.54) is 51.7 Å². The van der Waals surface area contributed by atoms with Crippen molar-refractivity contribution in [3.05, 3.63) is 0 Å². The molecule has 0 spiro atoms. The molecule has 0 aromatic carbocycles. The summed E-state index contributed by atoms with van der Waals surface area (Å²) in [4.78, 5) is 2.70. The second-order valence-electron chi connectivity index (χ2n) is 6.42. The Morgan fingerprint density at radius 3 is 2.63 bits per heavy atom. The topological polar surface area (TPSA) is 24.5 Å². The molecule has 2 heterocycles. The van der Waals surface area contributed by atoms with Gasteiger partial charge in [0.05, 0.1) is 6.10 Å². The van der Waals surface area contributed by atoms with Gasteiger partial charge in [0.1, 0.15) is 0 Å². The van der Waals surface area contributed by atoms with Gasteiger partial charge in [-0.1, -0.05) is 13.8 Å². The van der Waals surface area contributed by atoms with Crippen molar-refractivity contribution in [3.63, 3.8) is 0 Å². The number of ether oxygens (including phenoxy) is 1. The van der Waals surface area contributed by atoms with Gasteiger partial charge in [0.2, 0.25) is 0 Å². The summed E-state index contributed by atoms with van der Waals surface area (Å²) in [5, 5.41) is 3.75.